The maximum absolute atomic E-state index is 12.4. The van der Waals surface area contributed by atoms with Crippen LogP contribution in [0.3, 0.4) is 0 Å². The maximum atomic E-state index is 12.4. The Labute approximate surface area is 108 Å². The third-order valence-corrected chi connectivity index (χ3v) is 5.48. The van der Waals surface area contributed by atoms with Gasteiger partial charge < -0.3 is 0 Å². The molecule has 0 aliphatic carbocycles. The maximum Gasteiger partial charge on any atom is 0.167 e. The number of carbonyl (C=O) groups is 1. The van der Waals surface area contributed by atoms with Gasteiger partial charge in [0.1, 0.15) is 0 Å². The van der Waals surface area contributed by atoms with Crippen molar-refractivity contribution in [1.29, 1.82) is 0 Å². The predicted octanol–water partition coefficient (Wildman–Crippen LogP) is 2.23. The summed E-state index contributed by atoms with van der Waals surface area (Å²) in [4.78, 5) is 12.4. The lowest BCUT2D eigenvalue weighted by Gasteiger charge is -2.12. The second-order valence-corrected chi connectivity index (χ2v) is 7.44. The number of aryl methyl sites for hydroxylation is 3. The van der Waals surface area contributed by atoms with Gasteiger partial charge in [0.25, 0.3) is 0 Å². The van der Waals surface area contributed by atoms with Gasteiger partial charge in [-0.1, -0.05) is 6.07 Å². The minimum absolute atomic E-state index is 0.0121. The first-order valence-corrected chi connectivity index (χ1v) is 7.95. The molecule has 1 atom stereocenters. The molecule has 3 nitrogen and oxygen atoms in total. The Morgan fingerprint density at radius 2 is 1.72 bits per heavy atom. The van der Waals surface area contributed by atoms with Crippen LogP contribution in [0.25, 0.3) is 0 Å². The zero-order valence-corrected chi connectivity index (χ0v) is 11.8. The Balaban J connectivity index is 2.33. The van der Waals surface area contributed by atoms with Gasteiger partial charge in [0.2, 0.25) is 0 Å². The summed E-state index contributed by atoms with van der Waals surface area (Å²) in [5, 5.41) is 0. The average Bonchev–Trinajstić information content (AvgIpc) is 2.63. The van der Waals surface area contributed by atoms with E-state index in [0.29, 0.717) is 12.0 Å². The molecular weight excluding hydrogens is 248 g/mol. The normalized spacial score (nSPS) is 22.1. The molecule has 1 saturated heterocycles. The van der Waals surface area contributed by atoms with Crippen molar-refractivity contribution in [3.63, 3.8) is 0 Å². The molecule has 0 saturated carbocycles. The van der Waals surface area contributed by atoms with Gasteiger partial charge in [-0.3, -0.25) is 4.79 Å². The van der Waals surface area contributed by atoms with E-state index in [9.17, 15) is 13.2 Å². The van der Waals surface area contributed by atoms with E-state index in [1.165, 1.54) is 0 Å². The van der Waals surface area contributed by atoms with Crippen LogP contribution in [0.5, 0.6) is 0 Å². The number of rotatable bonds is 2. The first kappa shape index (κ1) is 13.3. The van der Waals surface area contributed by atoms with Crippen LogP contribution < -0.4 is 0 Å². The van der Waals surface area contributed by atoms with Crippen molar-refractivity contribution in [1.82, 2.24) is 0 Å². The summed E-state index contributed by atoms with van der Waals surface area (Å²) in [5.74, 6) is -0.210. The molecule has 0 N–H and O–H groups in total. The van der Waals surface area contributed by atoms with Gasteiger partial charge in [0.05, 0.1) is 11.5 Å². The molecule has 1 aliphatic rings. The highest BCUT2D eigenvalue weighted by Gasteiger charge is 2.33. The predicted molar refractivity (Wildman–Crippen MR) is 71.7 cm³/mol. The van der Waals surface area contributed by atoms with Gasteiger partial charge in [0, 0.05) is 11.5 Å². The van der Waals surface area contributed by atoms with Crippen LogP contribution in [-0.2, 0) is 9.84 Å². The molecule has 4 heteroatoms. The highest BCUT2D eigenvalue weighted by Crippen LogP contribution is 2.25. The first-order valence-electron chi connectivity index (χ1n) is 6.12. The number of benzene rings is 1. The number of sulfone groups is 1. The van der Waals surface area contributed by atoms with Crippen LogP contribution in [0.4, 0.5) is 0 Å². The molecule has 0 spiro atoms. The lowest BCUT2D eigenvalue weighted by atomic mass is 9.91. The van der Waals surface area contributed by atoms with Gasteiger partial charge in [-0.05, 0) is 49.9 Å². The van der Waals surface area contributed by atoms with Crippen LogP contribution in [0.1, 0.15) is 33.5 Å². The zero-order chi connectivity index (χ0) is 13.5. The van der Waals surface area contributed by atoms with Gasteiger partial charge in [-0.25, -0.2) is 8.42 Å². The summed E-state index contributed by atoms with van der Waals surface area (Å²) < 4.78 is 22.9. The Bertz CT molecular complexity index is 600. The summed E-state index contributed by atoms with van der Waals surface area (Å²) in [6.45, 7) is 5.89. The van der Waals surface area contributed by atoms with Gasteiger partial charge in [0.15, 0.2) is 15.6 Å². The van der Waals surface area contributed by atoms with Gasteiger partial charge in [-0.2, -0.15) is 0 Å². The molecule has 1 unspecified atom stereocenters. The van der Waals surface area contributed by atoms with Crippen molar-refractivity contribution in [3.8, 4) is 0 Å². The van der Waals surface area contributed by atoms with E-state index in [1.807, 2.05) is 32.9 Å². The second-order valence-electron chi connectivity index (χ2n) is 5.22. The molecule has 1 aromatic carbocycles. The Morgan fingerprint density at radius 1 is 1.11 bits per heavy atom. The highest BCUT2D eigenvalue weighted by molar-refractivity contribution is 7.91. The van der Waals surface area contributed by atoms with Crippen LogP contribution in [0.15, 0.2) is 12.1 Å². The van der Waals surface area contributed by atoms with E-state index >= 15 is 0 Å². The smallest absolute Gasteiger partial charge is 0.167 e. The molecule has 98 valence electrons. The zero-order valence-electron chi connectivity index (χ0n) is 11.0. The van der Waals surface area contributed by atoms with Gasteiger partial charge >= 0.3 is 0 Å². The Morgan fingerprint density at radius 3 is 2.28 bits per heavy atom. The first-order chi connectivity index (χ1) is 8.30. The lowest BCUT2D eigenvalue weighted by molar-refractivity contribution is 0.0932. The molecule has 18 heavy (non-hydrogen) atoms. The third kappa shape index (κ3) is 2.48. The standard InChI is InChI=1S/C14H18O3S/c1-9-6-11(3)13(7-10(9)2)14(15)12-4-5-18(16,17)8-12/h6-7,12H,4-5,8H2,1-3H3. The molecule has 1 aromatic rings. The van der Waals surface area contributed by atoms with Crippen molar-refractivity contribution >= 4 is 15.6 Å². The third-order valence-electron chi connectivity index (χ3n) is 3.71. The number of carbonyl (C=O) groups excluding carboxylic acids is 1. The molecule has 0 aromatic heterocycles. The summed E-state index contributed by atoms with van der Waals surface area (Å²) >= 11 is 0. The summed E-state index contributed by atoms with van der Waals surface area (Å²) in [6.07, 6.45) is 0.466. The minimum atomic E-state index is -3.00. The molecular formula is C14H18O3S. The highest BCUT2D eigenvalue weighted by atomic mass is 32.2. The topological polar surface area (TPSA) is 51.2 Å². The fourth-order valence-corrected chi connectivity index (χ4v) is 4.19. The van der Waals surface area contributed by atoms with Crippen molar-refractivity contribution in [2.24, 2.45) is 5.92 Å². The van der Waals surface area contributed by atoms with Crippen molar-refractivity contribution in [2.75, 3.05) is 11.5 Å². The van der Waals surface area contributed by atoms with Crippen LogP contribution in [0.2, 0.25) is 0 Å². The largest absolute Gasteiger partial charge is 0.294 e. The summed E-state index contributed by atoms with van der Waals surface area (Å²) in [5.41, 5.74) is 3.85. The summed E-state index contributed by atoms with van der Waals surface area (Å²) in [7, 11) is -3.00. The molecule has 1 fully saturated rings. The van der Waals surface area contributed by atoms with Crippen molar-refractivity contribution in [3.05, 3.63) is 34.4 Å². The number of Topliss-reactive ketones (excluding diaryl/α,β-unsaturated/α-hetero) is 1. The van der Waals surface area contributed by atoms with Crippen LogP contribution in [0, 0.1) is 26.7 Å². The van der Waals surface area contributed by atoms with Crippen LogP contribution >= 0.6 is 0 Å². The number of hydrogen-bond donors (Lipinski definition) is 0. The van der Waals surface area contributed by atoms with Crippen LogP contribution in [-0.4, -0.2) is 25.7 Å². The fourth-order valence-electron chi connectivity index (χ4n) is 2.45. The molecule has 1 heterocycles. The quantitative estimate of drug-likeness (QED) is 0.771. The van der Waals surface area contributed by atoms with E-state index in [2.05, 4.69) is 0 Å². The SMILES string of the molecule is Cc1cc(C)c(C(=O)C2CCS(=O)(=O)C2)cc1C. The van der Waals surface area contributed by atoms with E-state index < -0.39 is 9.84 Å². The Hall–Kier alpha value is -1.16. The molecule has 2 rings (SSSR count). The van der Waals surface area contributed by atoms with E-state index in [0.717, 1.165) is 16.7 Å². The van der Waals surface area contributed by atoms with Gasteiger partial charge in [-0.15, -0.1) is 0 Å². The van der Waals surface area contributed by atoms with E-state index in [4.69, 9.17) is 0 Å². The molecule has 0 amide bonds. The monoisotopic (exact) mass is 266 g/mol. The van der Waals surface area contributed by atoms with E-state index in [1.54, 1.807) is 0 Å². The minimum Gasteiger partial charge on any atom is -0.294 e. The Kier molecular flexibility index (Phi) is 3.32. The number of ketones is 1. The lowest BCUT2D eigenvalue weighted by Crippen LogP contribution is -2.17. The van der Waals surface area contributed by atoms with Crippen molar-refractivity contribution < 1.29 is 13.2 Å². The molecule has 0 bridgehead atoms. The van der Waals surface area contributed by atoms with E-state index in [-0.39, 0.29) is 23.2 Å². The summed E-state index contributed by atoms with van der Waals surface area (Å²) in [6, 6.07) is 3.88. The fraction of sp³-hybridized carbons (Fsp3) is 0.500. The average molecular weight is 266 g/mol. The van der Waals surface area contributed by atoms with Crippen molar-refractivity contribution in [2.45, 2.75) is 27.2 Å². The molecule has 0 radical (unpaired) electrons. The molecule has 1 aliphatic heterocycles. The number of hydrogen-bond acceptors (Lipinski definition) is 3. The second kappa shape index (κ2) is 4.50.